The summed E-state index contributed by atoms with van der Waals surface area (Å²) >= 11 is 0. The van der Waals surface area contributed by atoms with Gasteiger partial charge in [0, 0.05) is 31.0 Å². The Morgan fingerprint density at radius 2 is 1.83 bits per heavy atom. The first-order valence-electron chi connectivity index (χ1n) is 10.7. The number of carbonyl (C=O) groups excluding carboxylic acids is 1. The van der Waals surface area contributed by atoms with Crippen LogP contribution in [0.1, 0.15) is 78.3 Å². The van der Waals surface area contributed by atoms with Gasteiger partial charge in [-0.3, -0.25) is 9.78 Å². The third kappa shape index (κ3) is 4.62. The number of carbonyl (C=O) groups is 1. The summed E-state index contributed by atoms with van der Waals surface area (Å²) in [6.45, 7) is 8.20. The number of hydrogen-bond donors (Lipinski definition) is 1. The van der Waals surface area contributed by atoms with Crippen molar-refractivity contribution >= 4 is 11.6 Å². The number of amides is 1. The van der Waals surface area contributed by atoms with E-state index < -0.39 is 0 Å². The number of anilines is 1. The lowest BCUT2D eigenvalue weighted by molar-refractivity contribution is 0.0920. The van der Waals surface area contributed by atoms with Gasteiger partial charge in [0.25, 0.3) is 5.91 Å². The van der Waals surface area contributed by atoms with Crippen LogP contribution in [-0.4, -0.2) is 35.0 Å². The highest BCUT2D eigenvalue weighted by molar-refractivity contribution is 5.92. The van der Waals surface area contributed by atoms with Crippen LogP contribution in [0, 0.1) is 25.2 Å². The number of nitrogens with zero attached hydrogens (tertiary/aromatic N) is 4. The number of nitriles is 1. The van der Waals surface area contributed by atoms with Gasteiger partial charge in [-0.25, -0.2) is 4.98 Å². The molecule has 0 unspecified atom stereocenters. The fourth-order valence-corrected chi connectivity index (χ4v) is 4.13. The molecular formula is C24H31N5O. The van der Waals surface area contributed by atoms with Crippen molar-refractivity contribution in [2.75, 3.05) is 11.9 Å². The zero-order valence-electron chi connectivity index (χ0n) is 18.6. The van der Waals surface area contributed by atoms with Crippen molar-refractivity contribution in [2.24, 2.45) is 0 Å². The molecule has 1 saturated carbocycles. The Morgan fingerprint density at radius 3 is 2.40 bits per heavy atom. The van der Waals surface area contributed by atoms with Gasteiger partial charge in [-0.1, -0.05) is 13.8 Å². The Bertz CT molecular complexity index is 937. The summed E-state index contributed by atoms with van der Waals surface area (Å²) in [5.41, 5.74) is 5.40. The molecule has 2 aromatic rings. The van der Waals surface area contributed by atoms with Crippen molar-refractivity contribution < 1.29 is 4.79 Å². The van der Waals surface area contributed by atoms with E-state index in [2.05, 4.69) is 54.1 Å². The Balaban J connectivity index is 1.57. The molecule has 1 aliphatic carbocycles. The van der Waals surface area contributed by atoms with Crippen molar-refractivity contribution in [3.8, 4) is 6.07 Å². The normalized spacial score (nSPS) is 18.7. The first-order valence-corrected chi connectivity index (χ1v) is 10.7. The third-order valence-electron chi connectivity index (χ3n) is 6.33. The van der Waals surface area contributed by atoms with Gasteiger partial charge < -0.3 is 10.2 Å². The summed E-state index contributed by atoms with van der Waals surface area (Å²) in [5.74, 6) is 0.151. The molecule has 158 valence electrons. The Kier molecular flexibility index (Phi) is 6.71. The van der Waals surface area contributed by atoms with Crippen LogP contribution in [0.25, 0.3) is 0 Å². The molecule has 0 aliphatic heterocycles. The van der Waals surface area contributed by atoms with Crippen LogP contribution in [0.2, 0.25) is 0 Å². The lowest BCUT2D eigenvalue weighted by Gasteiger charge is -2.37. The summed E-state index contributed by atoms with van der Waals surface area (Å²) in [5, 5.41) is 12.4. The van der Waals surface area contributed by atoms with Gasteiger partial charge in [0.2, 0.25) is 0 Å². The lowest BCUT2D eigenvalue weighted by Crippen LogP contribution is -2.43. The topological polar surface area (TPSA) is 81.9 Å². The van der Waals surface area contributed by atoms with Gasteiger partial charge in [0.15, 0.2) is 0 Å². The Labute approximate surface area is 179 Å². The largest absolute Gasteiger partial charge is 0.371 e. The smallest absolute Gasteiger partial charge is 0.271 e. The van der Waals surface area contributed by atoms with Crippen molar-refractivity contribution in [3.05, 3.63) is 52.6 Å². The van der Waals surface area contributed by atoms with Crippen molar-refractivity contribution in [1.82, 2.24) is 15.3 Å². The van der Waals surface area contributed by atoms with E-state index in [1.807, 2.05) is 19.1 Å². The summed E-state index contributed by atoms with van der Waals surface area (Å²) in [4.78, 5) is 23.5. The van der Waals surface area contributed by atoms with Gasteiger partial charge in [0.05, 0.1) is 23.5 Å². The molecule has 1 aromatic carbocycles. The first kappa shape index (κ1) is 21.8. The van der Waals surface area contributed by atoms with Gasteiger partial charge in [-0.2, -0.15) is 5.26 Å². The lowest BCUT2D eigenvalue weighted by atomic mass is 9.89. The molecule has 1 fully saturated rings. The number of hydrogen-bond acceptors (Lipinski definition) is 5. The molecule has 1 aromatic heterocycles. The molecular weight excluding hydrogens is 374 g/mol. The maximum atomic E-state index is 12.5. The highest BCUT2D eigenvalue weighted by Crippen LogP contribution is 2.31. The van der Waals surface area contributed by atoms with Crippen molar-refractivity contribution in [2.45, 2.75) is 71.4 Å². The Morgan fingerprint density at radius 1 is 1.13 bits per heavy atom. The summed E-state index contributed by atoms with van der Waals surface area (Å²) < 4.78 is 0. The van der Waals surface area contributed by atoms with E-state index >= 15 is 0 Å². The molecule has 1 aliphatic rings. The fraction of sp³-hybridized carbons (Fsp3) is 0.500. The SMILES string of the molecule is Cc1c(C#N)ccc(N(C)C2CCC(NC(=O)c3cnc(C(C)C)cn3)CC2)c1C. The standard InChI is InChI=1S/C24H31N5O/c1-15(2)21-13-27-22(14-26-21)24(30)28-19-7-9-20(10-8-19)29(5)23-11-6-18(12-25)16(3)17(23)4/h6,11,13-15,19-20H,7-10H2,1-5H3,(H,28,30). The van der Waals surface area contributed by atoms with Crippen LogP contribution in [0.15, 0.2) is 24.5 Å². The summed E-state index contributed by atoms with van der Waals surface area (Å²) in [6.07, 6.45) is 7.16. The van der Waals surface area contributed by atoms with Crippen molar-refractivity contribution in [3.63, 3.8) is 0 Å². The highest BCUT2D eigenvalue weighted by Gasteiger charge is 2.26. The van der Waals surface area contributed by atoms with Crippen LogP contribution in [-0.2, 0) is 0 Å². The van der Waals surface area contributed by atoms with E-state index in [0.29, 0.717) is 17.7 Å². The second kappa shape index (κ2) is 9.25. The maximum absolute atomic E-state index is 12.5. The minimum absolute atomic E-state index is 0.145. The Hall–Kier alpha value is -2.94. The predicted molar refractivity (Wildman–Crippen MR) is 119 cm³/mol. The van der Waals surface area contributed by atoms with Crippen LogP contribution < -0.4 is 10.2 Å². The summed E-state index contributed by atoms with van der Waals surface area (Å²) in [6, 6.07) is 6.81. The first-order chi connectivity index (χ1) is 14.3. The summed E-state index contributed by atoms with van der Waals surface area (Å²) in [7, 11) is 2.13. The van der Waals surface area contributed by atoms with Crippen LogP contribution in [0.5, 0.6) is 0 Å². The average Bonchev–Trinajstić information content (AvgIpc) is 2.75. The molecule has 1 amide bonds. The van der Waals surface area contributed by atoms with Crippen LogP contribution in [0.4, 0.5) is 5.69 Å². The van der Waals surface area contributed by atoms with E-state index in [1.54, 1.807) is 12.4 Å². The van der Waals surface area contributed by atoms with Crippen molar-refractivity contribution in [1.29, 1.82) is 5.26 Å². The molecule has 0 saturated heterocycles. The van der Waals surface area contributed by atoms with Crippen LogP contribution in [0.3, 0.4) is 0 Å². The number of nitrogens with one attached hydrogen (secondary N) is 1. The van der Waals surface area contributed by atoms with Gasteiger partial charge >= 0.3 is 0 Å². The van der Waals surface area contributed by atoms with Gasteiger partial charge in [-0.15, -0.1) is 0 Å². The average molecular weight is 406 g/mol. The zero-order valence-corrected chi connectivity index (χ0v) is 18.6. The van der Waals surface area contributed by atoms with E-state index in [0.717, 1.165) is 48.1 Å². The monoisotopic (exact) mass is 405 g/mol. The third-order valence-corrected chi connectivity index (χ3v) is 6.33. The quantitative estimate of drug-likeness (QED) is 0.803. The van der Waals surface area contributed by atoms with Crippen LogP contribution >= 0.6 is 0 Å². The number of aromatic nitrogens is 2. The van der Waals surface area contributed by atoms with E-state index in [-0.39, 0.29) is 11.9 Å². The molecule has 3 rings (SSSR count). The molecule has 6 heteroatoms. The molecule has 1 N–H and O–H groups in total. The highest BCUT2D eigenvalue weighted by atomic mass is 16.1. The van der Waals surface area contributed by atoms with Gasteiger partial charge in [-0.05, 0) is 68.7 Å². The molecule has 30 heavy (non-hydrogen) atoms. The van der Waals surface area contributed by atoms with Gasteiger partial charge in [0.1, 0.15) is 5.69 Å². The number of benzene rings is 1. The number of rotatable bonds is 5. The fourth-order valence-electron chi connectivity index (χ4n) is 4.13. The molecule has 0 bridgehead atoms. The minimum atomic E-state index is -0.145. The molecule has 0 atom stereocenters. The molecule has 0 radical (unpaired) electrons. The molecule has 0 spiro atoms. The zero-order chi connectivity index (χ0) is 21.8. The second-order valence-electron chi connectivity index (χ2n) is 8.57. The maximum Gasteiger partial charge on any atom is 0.271 e. The van der Waals surface area contributed by atoms with E-state index in [9.17, 15) is 10.1 Å². The second-order valence-corrected chi connectivity index (χ2v) is 8.57. The molecule has 1 heterocycles. The van der Waals surface area contributed by atoms with E-state index in [4.69, 9.17) is 0 Å². The van der Waals surface area contributed by atoms with E-state index in [1.165, 1.54) is 5.69 Å². The molecule has 6 nitrogen and oxygen atoms in total. The predicted octanol–water partition coefficient (Wildman–Crippen LogP) is 4.27. The minimum Gasteiger partial charge on any atom is -0.371 e.